The first-order valence-electron chi connectivity index (χ1n) is 7.92. The Morgan fingerprint density at radius 2 is 1.56 bits per heavy atom. The first kappa shape index (κ1) is 16.7. The molecule has 0 spiro atoms. The zero-order valence-electron chi connectivity index (χ0n) is 13.5. The van der Waals surface area contributed by atoms with E-state index < -0.39 is 11.9 Å². The maximum absolute atomic E-state index is 12.7. The van der Waals surface area contributed by atoms with Gasteiger partial charge < -0.3 is 14.9 Å². The minimum atomic E-state index is -1.29. The normalized spacial score (nSPS) is 11.7. The number of aromatic hydroxyl groups is 1. The summed E-state index contributed by atoms with van der Waals surface area (Å²) in [5.74, 6) is -0.244. The van der Waals surface area contributed by atoms with Crippen LogP contribution in [-0.2, 0) is 6.61 Å². The van der Waals surface area contributed by atoms with Crippen LogP contribution in [0.3, 0.4) is 0 Å². The standard InChI is InChI=1S/C21H18O4/c22-17-11-12-18(21(24)20(23)16-9-5-2-6-10-16)19(13-17)25-14-15-7-3-1-4-8-15/h1-13,20,22-23H,14H2. The van der Waals surface area contributed by atoms with Gasteiger partial charge in [0.15, 0.2) is 5.78 Å². The highest BCUT2D eigenvalue weighted by Gasteiger charge is 2.22. The average molecular weight is 334 g/mol. The molecule has 0 aliphatic rings. The van der Waals surface area contributed by atoms with E-state index in [9.17, 15) is 15.0 Å². The van der Waals surface area contributed by atoms with Crippen molar-refractivity contribution in [3.8, 4) is 11.5 Å². The van der Waals surface area contributed by atoms with Crippen LogP contribution in [0, 0.1) is 0 Å². The highest BCUT2D eigenvalue weighted by atomic mass is 16.5. The smallest absolute Gasteiger partial charge is 0.199 e. The summed E-state index contributed by atoms with van der Waals surface area (Å²) in [5.41, 5.74) is 1.67. The molecule has 0 radical (unpaired) electrons. The number of ketones is 1. The van der Waals surface area contributed by atoms with Crippen LogP contribution in [-0.4, -0.2) is 16.0 Å². The molecule has 0 amide bonds. The van der Waals surface area contributed by atoms with Gasteiger partial charge in [-0.25, -0.2) is 0 Å². The molecule has 0 fully saturated rings. The molecule has 1 atom stereocenters. The van der Waals surface area contributed by atoms with Crippen molar-refractivity contribution in [3.63, 3.8) is 0 Å². The number of Topliss-reactive ketones (excluding diaryl/α,β-unsaturated/α-hetero) is 1. The number of hydrogen-bond acceptors (Lipinski definition) is 4. The second-order valence-corrected chi connectivity index (χ2v) is 5.63. The largest absolute Gasteiger partial charge is 0.508 e. The minimum Gasteiger partial charge on any atom is -0.508 e. The molecule has 0 heterocycles. The van der Waals surface area contributed by atoms with Gasteiger partial charge in [0.1, 0.15) is 24.2 Å². The lowest BCUT2D eigenvalue weighted by Gasteiger charge is -2.15. The molecule has 4 heteroatoms. The van der Waals surface area contributed by atoms with Crippen LogP contribution >= 0.6 is 0 Å². The number of carbonyl (C=O) groups is 1. The van der Waals surface area contributed by atoms with Gasteiger partial charge in [-0.1, -0.05) is 60.7 Å². The lowest BCUT2D eigenvalue weighted by Crippen LogP contribution is -2.13. The number of rotatable bonds is 6. The number of carbonyl (C=O) groups excluding carboxylic acids is 1. The van der Waals surface area contributed by atoms with E-state index in [1.165, 1.54) is 18.2 Å². The molecule has 0 saturated carbocycles. The molecular formula is C21H18O4. The fraction of sp³-hybridized carbons (Fsp3) is 0.0952. The summed E-state index contributed by atoms with van der Waals surface area (Å²) in [6, 6.07) is 22.5. The molecule has 25 heavy (non-hydrogen) atoms. The van der Waals surface area contributed by atoms with Gasteiger partial charge in [0.05, 0.1) is 5.56 Å². The number of ether oxygens (including phenoxy) is 1. The topological polar surface area (TPSA) is 66.8 Å². The van der Waals surface area contributed by atoms with Gasteiger partial charge in [0, 0.05) is 6.07 Å². The van der Waals surface area contributed by atoms with Crippen molar-refractivity contribution in [2.24, 2.45) is 0 Å². The summed E-state index contributed by atoms with van der Waals surface area (Å²) in [6.07, 6.45) is -1.29. The fourth-order valence-electron chi connectivity index (χ4n) is 2.50. The van der Waals surface area contributed by atoms with Crippen molar-refractivity contribution in [2.45, 2.75) is 12.7 Å². The highest BCUT2D eigenvalue weighted by Crippen LogP contribution is 2.29. The third kappa shape index (κ3) is 4.05. The molecule has 0 saturated heterocycles. The Hall–Kier alpha value is -3.11. The van der Waals surface area contributed by atoms with E-state index in [-0.39, 0.29) is 23.7 Å². The van der Waals surface area contributed by atoms with Gasteiger partial charge in [-0.3, -0.25) is 4.79 Å². The van der Waals surface area contributed by atoms with E-state index in [0.717, 1.165) is 5.56 Å². The zero-order chi connectivity index (χ0) is 17.6. The first-order valence-corrected chi connectivity index (χ1v) is 7.92. The van der Waals surface area contributed by atoms with Crippen LogP contribution < -0.4 is 4.74 Å². The Bertz CT molecular complexity index is 844. The van der Waals surface area contributed by atoms with Crippen molar-refractivity contribution in [1.29, 1.82) is 0 Å². The van der Waals surface area contributed by atoms with Crippen molar-refractivity contribution >= 4 is 5.78 Å². The molecule has 0 bridgehead atoms. The van der Waals surface area contributed by atoms with E-state index >= 15 is 0 Å². The molecule has 3 rings (SSSR count). The molecular weight excluding hydrogens is 316 g/mol. The van der Waals surface area contributed by atoms with Crippen molar-refractivity contribution < 1.29 is 19.7 Å². The highest BCUT2D eigenvalue weighted by molar-refractivity contribution is 6.02. The van der Waals surface area contributed by atoms with Gasteiger partial charge >= 0.3 is 0 Å². The third-order valence-corrected chi connectivity index (χ3v) is 3.83. The van der Waals surface area contributed by atoms with E-state index in [2.05, 4.69) is 0 Å². The Morgan fingerprint density at radius 3 is 2.24 bits per heavy atom. The predicted octanol–water partition coefficient (Wildman–Crippen LogP) is 3.89. The van der Waals surface area contributed by atoms with Gasteiger partial charge in [0.2, 0.25) is 0 Å². The lowest BCUT2D eigenvalue weighted by molar-refractivity contribution is 0.0743. The molecule has 0 aliphatic heterocycles. The zero-order valence-corrected chi connectivity index (χ0v) is 13.5. The second-order valence-electron chi connectivity index (χ2n) is 5.63. The number of hydrogen-bond donors (Lipinski definition) is 2. The SMILES string of the molecule is O=C(c1ccc(O)cc1OCc1ccccc1)C(O)c1ccccc1. The summed E-state index contributed by atoms with van der Waals surface area (Å²) in [6.45, 7) is 0.256. The van der Waals surface area contributed by atoms with E-state index in [1.807, 2.05) is 36.4 Å². The molecule has 0 aliphatic carbocycles. The van der Waals surface area contributed by atoms with Crippen LogP contribution in [0.4, 0.5) is 0 Å². The van der Waals surface area contributed by atoms with Crippen LogP contribution in [0.5, 0.6) is 11.5 Å². The van der Waals surface area contributed by atoms with Crippen LogP contribution in [0.25, 0.3) is 0 Å². The first-order chi connectivity index (χ1) is 12.1. The maximum Gasteiger partial charge on any atom is 0.199 e. The van der Waals surface area contributed by atoms with Crippen LogP contribution in [0.1, 0.15) is 27.6 Å². The number of phenolic OH excluding ortho intramolecular Hbond substituents is 1. The summed E-state index contributed by atoms with van der Waals surface area (Å²) in [5, 5.41) is 20.1. The summed E-state index contributed by atoms with van der Waals surface area (Å²) in [4.78, 5) is 12.7. The maximum atomic E-state index is 12.7. The Balaban J connectivity index is 1.84. The monoisotopic (exact) mass is 334 g/mol. The summed E-state index contributed by atoms with van der Waals surface area (Å²) < 4.78 is 5.72. The minimum absolute atomic E-state index is 0.00573. The van der Waals surface area contributed by atoms with Crippen molar-refractivity contribution in [1.82, 2.24) is 0 Å². The van der Waals surface area contributed by atoms with E-state index in [0.29, 0.717) is 5.56 Å². The van der Waals surface area contributed by atoms with Gasteiger partial charge in [-0.2, -0.15) is 0 Å². The molecule has 4 nitrogen and oxygen atoms in total. The van der Waals surface area contributed by atoms with E-state index in [4.69, 9.17) is 4.74 Å². The summed E-state index contributed by atoms with van der Waals surface area (Å²) in [7, 11) is 0. The number of phenols is 1. The summed E-state index contributed by atoms with van der Waals surface area (Å²) >= 11 is 0. The van der Waals surface area contributed by atoms with Gasteiger partial charge in [-0.05, 0) is 23.3 Å². The molecule has 126 valence electrons. The van der Waals surface area contributed by atoms with Crippen LogP contribution in [0.2, 0.25) is 0 Å². The quantitative estimate of drug-likeness (QED) is 0.671. The van der Waals surface area contributed by atoms with Crippen molar-refractivity contribution in [3.05, 3.63) is 95.6 Å². The second kappa shape index (κ2) is 7.64. The lowest BCUT2D eigenvalue weighted by atomic mass is 9.99. The van der Waals surface area contributed by atoms with Gasteiger partial charge in [-0.15, -0.1) is 0 Å². The average Bonchev–Trinajstić information content (AvgIpc) is 2.67. The predicted molar refractivity (Wildman–Crippen MR) is 94.6 cm³/mol. The molecule has 0 aromatic heterocycles. The van der Waals surface area contributed by atoms with E-state index in [1.54, 1.807) is 24.3 Å². The molecule has 3 aromatic rings. The van der Waals surface area contributed by atoms with Gasteiger partial charge in [0.25, 0.3) is 0 Å². The Labute approximate surface area is 146 Å². The third-order valence-electron chi connectivity index (χ3n) is 3.83. The number of benzene rings is 3. The molecule has 3 aromatic carbocycles. The van der Waals surface area contributed by atoms with Crippen molar-refractivity contribution in [2.75, 3.05) is 0 Å². The Morgan fingerprint density at radius 1 is 0.920 bits per heavy atom. The Kier molecular flexibility index (Phi) is 5.11. The fourth-order valence-corrected chi connectivity index (χ4v) is 2.50. The number of aliphatic hydroxyl groups is 1. The molecule has 2 N–H and O–H groups in total. The van der Waals surface area contributed by atoms with Crippen LogP contribution in [0.15, 0.2) is 78.9 Å². The number of aliphatic hydroxyl groups excluding tert-OH is 1. The molecule has 1 unspecified atom stereocenters.